The minimum atomic E-state index is 0.944. The average Bonchev–Trinajstić information content (AvgIpc) is 2.91. The van der Waals surface area contributed by atoms with Crippen LogP contribution in [0, 0.1) is 0 Å². The van der Waals surface area contributed by atoms with Gasteiger partial charge in [0.25, 0.3) is 0 Å². The maximum atomic E-state index is 4.44. The summed E-state index contributed by atoms with van der Waals surface area (Å²) in [5.74, 6) is 1.17. The Bertz CT molecular complexity index is 459. The van der Waals surface area contributed by atoms with Gasteiger partial charge in [0.05, 0.1) is 0 Å². The molecule has 0 fully saturated rings. The van der Waals surface area contributed by atoms with Crippen molar-refractivity contribution in [3.8, 4) is 0 Å². The first-order chi connectivity index (χ1) is 8.33. The van der Waals surface area contributed by atoms with E-state index in [1.54, 1.807) is 0 Å². The minimum absolute atomic E-state index is 0.944. The summed E-state index contributed by atoms with van der Waals surface area (Å²) in [5.41, 5.74) is 1.36. The van der Waals surface area contributed by atoms with Crippen molar-refractivity contribution >= 4 is 11.3 Å². The molecule has 0 saturated heterocycles. The van der Waals surface area contributed by atoms with Gasteiger partial charge in [-0.15, -0.1) is 11.3 Å². The highest BCUT2D eigenvalue weighted by Crippen LogP contribution is 2.18. The van der Waals surface area contributed by atoms with Crippen molar-refractivity contribution in [2.45, 2.75) is 32.9 Å². The van der Waals surface area contributed by atoms with Crippen LogP contribution in [-0.4, -0.2) is 16.6 Å². The van der Waals surface area contributed by atoms with E-state index in [0.29, 0.717) is 0 Å². The summed E-state index contributed by atoms with van der Waals surface area (Å²) >= 11 is 1.82. The third kappa shape index (κ3) is 3.17. The Labute approximate surface area is 107 Å². The number of nitrogens with zero attached hydrogens (tertiary/aromatic N) is 2. The second kappa shape index (κ2) is 5.98. The van der Waals surface area contributed by atoms with Gasteiger partial charge in [-0.05, 0) is 30.5 Å². The Kier molecular flexibility index (Phi) is 4.34. The topological polar surface area (TPSA) is 29.9 Å². The Morgan fingerprint density at radius 2 is 2.35 bits per heavy atom. The predicted molar refractivity (Wildman–Crippen MR) is 72.4 cm³/mol. The van der Waals surface area contributed by atoms with E-state index in [1.807, 2.05) is 24.6 Å². The van der Waals surface area contributed by atoms with Gasteiger partial charge in [0, 0.05) is 36.8 Å². The predicted octanol–water partition coefficient (Wildman–Crippen LogP) is 2.66. The molecule has 1 N–H and O–H groups in total. The van der Waals surface area contributed by atoms with Crippen LogP contribution in [-0.2, 0) is 19.5 Å². The van der Waals surface area contributed by atoms with E-state index in [-0.39, 0.29) is 0 Å². The maximum Gasteiger partial charge on any atom is 0.113 e. The molecular formula is C13H19N3S. The van der Waals surface area contributed by atoms with Gasteiger partial charge in [0.1, 0.15) is 5.82 Å². The quantitative estimate of drug-likeness (QED) is 0.853. The molecule has 2 rings (SSSR count). The van der Waals surface area contributed by atoms with E-state index >= 15 is 0 Å². The number of imidazole rings is 1. The third-order valence-electron chi connectivity index (χ3n) is 2.69. The van der Waals surface area contributed by atoms with Crippen molar-refractivity contribution < 1.29 is 0 Å². The number of hydrogen-bond donors (Lipinski definition) is 1. The molecule has 0 amide bonds. The number of hydrogen-bond acceptors (Lipinski definition) is 3. The van der Waals surface area contributed by atoms with E-state index in [4.69, 9.17) is 0 Å². The van der Waals surface area contributed by atoms with Gasteiger partial charge >= 0.3 is 0 Å². The van der Waals surface area contributed by atoms with Gasteiger partial charge in [-0.3, -0.25) is 0 Å². The molecular weight excluding hydrogens is 230 g/mol. The lowest BCUT2D eigenvalue weighted by Gasteiger charge is -2.04. The molecule has 0 aromatic carbocycles. The highest BCUT2D eigenvalue weighted by Gasteiger charge is 2.05. The van der Waals surface area contributed by atoms with Crippen molar-refractivity contribution in [2.24, 2.45) is 0 Å². The summed E-state index contributed by atoms with van der Waals surface area (Å²) in [7, 11) is 1.98. The normalized spacial score (nSPS) is 10.9. The fourth-order valence-corrected chi connectivity index (χ4v) is 2.81. The molecule has 17 heavy (non-hydrogen) atoms. The summed E-state index contributed by atoms with van der Waals surface area (Å²) in [4.78, 5) is 5.83. The van der Waals surface area contributed by atoms with Crippen molar-refractivity contribution in [1.82, 2.24) is 14.9 Å². The molecule has 0 unspecified atom stereocenters. The van der Waals surface area contributed by atoms with Gasteiger partial charge < -0.3 is 9.88 Å². The summed E-state index contributed by atoms with van der Waals surface area (Å²) in [5, 5.41) is 5.39. The molecule has 0 spiro atoms. The molecule has 2 heterocycles. The molecule has 92 valence electrons. The van der Waals surface area contributed by atoms with Crippen LogP contribution in [0.5, 0.6) is 0 Å². The van der Waals surface area contributed by atoms with Gasteiger partial charge in [0.2, 0.25) is 0 Å². The van der Waals surface area contributed by atoms with Crippen LogP contribution in [0.25, 0.3) is 0 Å². The van der Waals surface area contributed by atoms with Crippen LogP contribution in [0.3, 0.4) is 0 Å². The molecule has 0 saturated carbocycles. The van der Waals surface area contributed by atoms with Crippen LogP contribution < -0.4 is 5.32 Å². The highest BCUT2D eigenvalue weighted by molar-refractivity contribution is 7.10. The standard InChI is InChI=1S/C13H19N3S/c1-3-5-16-6-4-15-13(16)8-12-7-11(9-14-2)10-17-12/h4,6-7,10,14H,3,5,8-9H2,1-2H3. The Balaban J connectivity index is 2.05. The molecule has 4 heteroatoms. The molecule has 2 aromatic rings. The van der Waals surface area contributed by atoms with Gasteiger partial charge in [-0.25, -0.2) is 4.98 Å². The third-order valence-corrected chi connectivity index (χ3v) is 3.67. The number of rotatable bonds is 6. The van der Waals surface area contributed by atoms with Crippen LogP contribution in [0.2, 0.25) is 0 Å². The van der Waals surface area contributed by atoms with Crippen molar-refractivity contribution in [1.29, 1.82) is 0 Å². The first-order valence-corrected chi connectivity index (χ1v) is 6.92. The minimum Gasteiger partial charge on any atom is -0.335 e. The van der Waals surface area contributed by atoms with Gasteiger partial charge in [-0.2, -0.15) is 0 Å². The van der Waals surface area contributed by atoms with Crippen molar-refractivity contribution in [3.63, 3.8) is 0 Å². The van der Waals surface area contributed by atoms with E-state index in [0.717, 1.165) is 25.9 Å². The number of nitrogens with one attached hydrogen (secondary N) is 1. The highest BCUT2D eigenvalue weighted by atomic mass is 32.1. The Hall–Kier alpha value is -1.13. The van der Waals surface area contributed by atoms with Crippen molar-refractivity contribution in [2.75, 3.05) is 7.05 Å². The monoisotopic (exact) mass is 249 g/mol. The Morgan fingerprint density at radius 1 is 1.47 bits per heavy atom. The lowest BCUT2D eigenvalue weighted by atomic mass is 10.2. The molecule has 0 radical (unpaired) electrons. The summed E-state index contributed by atoms with van der Waals surface area (Å²) in [6.07, 6.45) is 6.06. The number of thiophene rings is 1. The zero-order chi connectivity index (χ0) is 12.1. The first-order valence-electron chi connectivity index (χ1n) is 6.04. The summed E-state index contributed by atoms with van der Waals surface area (Å²) < 4.78 is 2.25. The SMILES string of the molecule is CCCn1ccnc1Cc1cc(CNC)cs1. The molecule has 0 aliphatic carbocycles. The van der Waals surface area contributed by atoms with E-state index in [2.05, 4.69) is 39.4 Å². The van der Waals surface area contributed by atoms with E-state index in [1.165, 1.54) is 16.3 Å². The summed E-state index contributed by atoms with van der Waals surface area (Å²) in [6, 6.07) is 2.27. The van der Waals surface area contributed by atoms with Crippen LogP contribution >= 0.6 is 11.3 Å². The zero-order valence-corrected chi connectivity index (χ0v) is 11.3. The summed E-state index contributed by atoms with van der Waals surface area (Å²) in [6.45, 7) is 4.20. The lowest BCUT2D eigenvalue weighted by molar-refractivity contribution is 0.648. The van der Waals surface area contributed by atoms with Crippen LogP contribution in [0.15, 0.2) is 23.8 Å². The molecule has 0 aliphatic heterocycles. The van der Waals surface area contributed by atoms with Gasteiger partial charge in [-0.1, -0.05) is 6.92 Å². The largest absolute Gasteiger partial charge is 0.335 e. The second-order valence-corrected chi connectivity index (χ2v) is 5.16. The lowest BCUT2D eigenvalue weighted by Crippen LogP contribution is -2.04. The molecule has 0 bridgehead atoms. The van der Waals surface area contributed by atoms with Crippen LogP contribution in [0.1, 0.15) is 29.6 Å². The van der Waals surface area contributed by atoms with Crippen LogP contribution in [0.4, 0.5) is 0 Å². The molecule has 0 aliphatic rings. The Morgan fingerprint density at radius 3 is 3.12 bits per heavy atom. The van der Waals surface area contributed by atoms with E-state index in [9.17, 15) is 0 Å². The molecule has 0 atom stereocenters. The second-order valence-electron chi connectivity index (χ2n) is 4.17. The van der Waals surface area contributed by atoms with E-state index < -0.39 is 0 Å². The maximum absolute atomic E-state index is 4.44. The first kappa shape index (κ1) is 12.3. The number of aromatic nitrogens is 2. The fraction of sp³-hybridized carbons (Fsp3) is 0.462. The smallest absolute Gasteiger partial charge is 0.113 e. The van der Waals surface area contributed by atoms with Crippen molar-refractivity contribution in [3.05, 3.63) is 40.1 Å². The average molecular weight is 249 g/mol. The molecule has 2 aromatic heterocycles. The zero-order valence-electron chi connectivity index (χ0n) is 10.4. The fourth-order valence-electron chi connectivity index (χ4n) is 1.92. The van der Waals surface area contributed by atoms with Gasteiger partial charge in [0.15, 0.2) is 0 Å². The number of aryl methyl sites for hydroxylation is 1. The molecule has 3 nitrogen and oxygen atoms in total.